The number of hydrogen-bond donors (Lipinski definition) is 2. The zero-order chi connectivity index (χ0) is 22.6. The average Bonchev–Trinajstić information content (AvgIpc) is 3.07. The van der Waals surface area contributed by atoms with Crippen molar-refractivity contribution in [2.45, 2.75) is 130 Å². The summed E-state index contributed by atoms with van der Waals surface area (Å²) in [4.78, 5) is 0. The van der Waals surface area contributed by atoms with E-state index in [1.165, 1.54) is 44.9 Å². The van der Waals surface area contributed by atoms with Crippen molar-refractivity contribution in [3.63, 3.8) is 0 Å². The van der Waals surface area contributed by atoms with Crippen LogP contribution >= 0.6 is 0 Å². The highest BCUT2D eigenvalue weighted by Gasteiger charge is 2.63. The molecule has 0 saturated heterocycles. The molecule has 0 aromatic rings. The van der Waals surface area contributed by atoms with E-state index in [1.54, 1.807) is 0 Å². The van der Waals surface area contributed by atoms with Gasteiger partial charge in [0, 0.05) is 0 Å². The molecule has 10 atom stereocenters. The first-order valence-corrected chi connectivity index (χ1v) is 13.9. The Labute approximate surface area is 193 Å². The third kappa shape index (κ3) is 4.05. The Bertz CT molecular complexity index is 630. The lowest BCUT2D eigenvalue weighted by molar-refractivity contribution is -0.190. The first kappa shape index (κ1) is 24.1. The first-order chi connectivity index (χ1) is 14.5. The maximum atomic E-state index is 11.4. The summed E-state index contributed by atoms with van der Waals surface area (Å²) in [5.41, 5.74) is 0.178. The summed E-state index contributed by atoms with van der Waals surface area (Å²) in [5, 5.41) is 22.4. The van der Waals surface area contributed by atoms with Crippen molar-refractivity contribution in [1.82, 2.24) is 0 Å². The minimum Gasteiger partial charge on any atom is -0.393 e. The summed E-state index contributed by atoms with van der Waals surface area (Å²) in [6.07, 6.45) is 14.2. The molecule has 4 fully saturated rings. The van der Waals surface area contributed by atoms with Gasteiger partial charge in [0.1, 0.15) is 0 Å². The van der Waals surface area contributed by atoms with Crippen LogP contribution in [0, 0.1) is 52.3 Å². The van der Waals surface area contributed by atoms with Gasteiger partial charge in [-0.3, -0.25) is 0 Å². The van der Waals surface area contributed by atoms with Crippen molar-refractivity contribution < 1.29 is 10.2 Å². The van der Waals surface area contributed by atoms with Gasteiger partial charge < -0.3 is 10.2 Å². The van der Waals surface area contributed by atoms with E-state index in [1.807, 2.05) is 0 Å². The number of rotatable bonds is 6. The summed E-state index contributed by atoms with van der Waals surface area (Å²) < 4.78 is 0. The van der Waals surface area contributed by atoms with Crippen LogP contribution in [-0.4, -0.2) is 21.9 Å². The fourth-order valence-corrected chi connectivity index (χ4v) is 9.69. The Morgan fingerprint density at radius 1 is 0.871 bits per heavy atom. The fraction of sp³-hybridized carbons (Fsp3) is 1.00. The van der Waals surface area contributed by atoms with Crippen molar-refractivity contribution in [2.24, 2.45) is 52.3 Å². The lowest BCUT2D eigenvalue weighted by Crippen LogP contribution is -2.60. The molecule has 180 valence electrons. The molecule has 2 nitrogen and oxygen atoms in total. The Morgan fingerprint density at radius 2 is 1.58 bits per heavy atom. The van der Waals surface area contributed by atoms with Gasteiger partial charge in [-0.1, -0.05) is 60.8 Å². The van der Waals surface area contributed by atoms with Gasteiger partial charge in [0.2, 0.25) is 0 Å². The van der Waals surface area contributed by atoms with Gasteiger partial charge >= 0.3 is 0 Å². The van der Waals surface area contributed by atoms with Crippen LogP contribution in [0.4, 0.5) is 0 Å². The predicted octanol–water partition coefficient (Wildman–Crippen LogP) is 7.22. The zero-order valence-corrected chi connectivity index (χ0v) is 21.5. The second-order valence-corrected chi connectivity index (χ2v) is 13.6. The molecule has 2 heteroatoms. The zero-order valence-electron chi connectivity index (χ0n) is 21.5. The smallest absolute Gasteiger partial charge is 0.0649 e. The standard InChI is InChI=1S/C29H52O2/c1-7-29(31)16-15-28(6)24-13-14-27(5)22(20(4)10-8-9-19(2)3)11-12-23(27)21(24)17-26(30)25(28)18-29/h19-26,30-31H,7-18H2,1-6H3/t20-,21+,22-,23+,24+,25-,26+,27-,28-,29+/m1/s1. The van der Waals surface area contributed by atoms with Gasteiger partial charge in [-0.25, -0.2) is 0 Å². The molecule has 0 aromatic carbocycles. The van der Waals surface area contributed by atoms with E-state index in [0.717, 1.165) is 61.7 Å². The Morgan fingerprint density at radius 3 is 2.26 bits per heavy atom. The predicted molar refractivity (Wildman–Crippen MR) is 130 cm³/mol. The first-order valence-electron chi connectivity index (χ1n) is 13.9. The largest absolute Gasteiger partial charge is 0.393 e. The summed E-state index contributed by atoms with van der Waals surface area (Å²) in [5.74, 6) is 5.12. The Hall–Kier alpha value is -0.0800. The highest BCUT2D eigenvalue weighted by atomic mass is 16.3. The third-order valence-electron chi connectivity index (χ3n) is 11.7. The van der Waals surface area contributed by atoms with Gasteiger partial charge in [0.05, 0.1) is 11.7 Å². The number of aliphatic hydroxyl groups excluding tert-OH is 1. The maximum absolute atomic E-state index is 11.4. The minimum absolute atomic E-state index is 0.213. The lowest BCUT2D eigenvalue weighted by Gasteiger charge is -2.63. The van der Waals surface area contributed by atoms with E-state index in [0.29, 0.717) is 17.3 Å². The molecule has 4 aliphatic carbocycles. The van der Waals surface area contributed by atoms with E-state index in [9.17, 15) is 10.2 Å². The molecule has 0 bridgehead atoms. The van der Waals surface area contributed by atoms with Crippen molar-refractivity contribution in [1.29, 1.82) is 0 Å². The quantitative estimate of drug-likeness (QED) is 0.465. The maximum Gasteiger partial charge on any atom is 0.0649 e. The lowest BCUT2D eigenvalue weighted by atomic mass is 9.43. The highest BCUT2D eigenvalue weighted by molar-refractivity contribution is 5.12. The molecule has 0 aliphatic heterocycles. The molecular formula is C29H52O2. The summed E-state index contributed by atoms with van der Waals surface area (Å²) in [6, 6.07) is 0. The van der Waals surface area contributed by atoms with Crippen LogP contribution in [0.1, 0.15) is 119 Å². The Balaban J connectivity index is 1.50. The normalized spacial score (nSPS) is 50.6. The molecule has 0 heterocycles. The molecule has 0 aromatic heterocycles. The molecule has 0 spiro atoms. The topological polar surface area (TPSA) is 40.5 Å². The molecule has 0 unspecified atom stereocenters. The number of aliphatic hydroxyl groups is 2. The van der Waals surface area contributed by atoms with Gasteiger partial charge in [-0.2, -0.15) is 0 Å². The van der Waals surface area contributed by atoms with Crippen molar-refractivity contribution in [3.8, 4) is 0 Å². The van der Waals surface area contributed by atoms with Crippen LogP contribution in [0.3, 0.4) is 0 Å². The van der Waals surface area contributed by atoms with Crippen LogP contribution in [0.5, 0.6) is 0 Å². The van der Waals surface area contributed by atoms with Crippen molar-refractivity contribution in [3.05, 3.63) is 0 Å². The van der Waals surface area contributed by atoms with Gasteiger partial charge in [-0.15, -0.1) is 0 Å². The molecule has 0 radical (unpaired) electrons. The molecule has 2 N–H and O–H groups in total. The van der Waals surface area contributed by atoms with Crippen LogP contribution < -0.4 is 0 Å². The number of fused-ring (bicyclic) bond motifs is 5. The summed E-state index contributed by atoms with van der Waals surface area (Å²) >= 11 is 0. The van der Waals surface area contributed by atoms with E-state index < -0.39 is 5.60 Å². The SMILES string of the molecule is CC[C@]1(O)CC[C@@]2(C)[C@H](C1)[C@@H](O)C[C@@H]1[C@@H]2CC[C@]2(C)[C@@H]([C@H](C)CCCC(C)C)CC[C@@H]12. The monoisotopic (exact) mass is 432 g/mol. The molecule has 4 aliphatic rings. The third-order valence-corrected chi connectivity index (χ3v) is 11.7. The van der Waals surface area contributed by atoms with E-state index in [-0.39, 0.29) is 11.5 Å². The van der Waals surface area contributed by atoms with E-state index >= 15 is 0 Å². The summed E-state index contributed by atoms with van der Waals surface area (Å²) in [7, 11) is 0. The molecule has 4 saturated carbocycles. The molecular weight excluding hydrogens is 380 g/mol. The second kappa shape index (κ2) is 8.61. The van der Waals surface area contributed by atoms with Crippen LogP contribution in [0.2, 0.25) is 0 Å². The molecule has 4 rings (SSSR count). The molecule has 31 heavy (non-hydrogen) atoms. The van der Waals surface area contributed by atoms with E-state index in [4.69, 9.17) is 0 Å². The van der Waals surface area contributed by atoms with Crippen LogP contribution in [-0.2, 0) is 0 Å². The van der Waals surface area contributed by atoms with Gasteiger partial charge in [0.25, 0.3) is 0 Å². The van der Waals surface area contributed by atoms with Gasteiger partial charge in [-0.05, 0) is 110 Å². The average molecular weight is 433 g/mol. The van der Waals surface area contributed by atoms with Crippen LogP contribution in [0.15, 0.2) is 0 Å². The van der Waals surface area contributed by atoms with Crippen molar-refractivity contribution in [2.75, 3.05) is 0 Å². The summed E-state index contributed by atoms with van der Waals surface area (Å²) in [6.45, 7) is 14.5. The highest BCUT2D eigenvalue weighted by Crippen LogP contribution is 2.69. The fourth-order valence-electron chi connectivity index (χ4n) is 9.69. The number of hydrogen-bond acceptors (Lipinski definition) is 2. The Kier molecular flexibility index (Phi) is 6.68. The van der Waals surface area contributed by atoms with Crippen molar-refractivity contribution >= 4 is 0 Å². The van der Waals surface area contributed by atoms with Crippen LogP contribution in [0.25, 0.3) is 0 Å². The molecule has 0 amide bonds. The second-order valence-electron chi connectivity index (χ2n) is 13.6. The van der Waals surface area contributed by atoms with E-state index in [2.05, 4.69) is 41.5 Å². The van der Waals surface area contributed by atoms with Gasteiger partial charge in [0.15, 0.2) is 0 Å². The minimum atomic E-state index is -0.537.